The molecule has 1 aromatic carbocycles. The van der Waals surface area contributed by atoms with Gasteiger partial charge in [0.15, 0.2) is 12.6 Å². The molecule has 21 nitrogen and oxygen atoms in total. The van der Waals surface area contributed by atoms with Crippen LogP contribution in [0.5, 0.6) is 0 Å². The van der Waals surface area contributed by atoms with E-state index in [1.54, 1.807) is 20.8 Å². The van der Waals surface area contributed by atoms with E-state index in [2.05, 4.69) is 21.3 Å². The van der Waals surface area contributed by atoms with Gasteiger partial charge in [0.1, 0.15) is 48.5 Å². The SMILES string of the molecule is C[C@@H]1CO[C@H](O[C@@H]2[C@@H](O)[C@H](O[C@@H]3CCC=C(CNCC(O)CO)O3)[C@@H](NC(=O)OCc3ccc([N+](=O)[O-])cc3)C[C@H]2NC(=O)[C@H](O)CNC(=O)OC(C)(C)C)[C@H](O)C1. The first kappa shape index (κ1) is 46.5. The fourth-order valence-electron chi connectivity index (χ4n) is 6.47. The van der Waals surface area contributed by atoms with Crippen molar-refractivity contribution in [3.05, 3.63) is 51.8 Å². The van der Waals surface area contributed by atoms with Gasteiger partial charge in [0.05, 0.1) is 49.4 Å². The Morgan fingerprint density at radius 1 is 1.00 bits per heavy atom. The minimum Gasteiger partial charge on any atom is -0.468 e. The summed E-state index contributed by atoms with van der Waals surface area (Å²) < 4.78 is 34.9. The average molecular weight is 828 g/mol. The average Bonchev–Trinajstić information content (AvgIpc) is 3.16. The summed E-state index contributed by atoms with van der Waals surface area (Å²) in [6, 6.07) is 3.08. The molecule has 58 heavy (non-hydrogen) atoms. The smallest absolute Gasteiger partial charge is 0.407 e. The third kappa shape index (κ3) is 14.6. The minimum atomic E-state index is -1.79. The van der Waals surface area contributed by atoms with Crippen LogP contribution in [0, 0.1) is 16.0 Å². The van der Waals surface area contributed by atoms with Crippen molar-refractivity contribution in [2.24, 2.45) is 5.92 Å². The Kier molecular flexibility index (Phi) is 17.4. The standard InChI is InChI=1S/C37H57N5O16/c1-20-12-27(45)34(53-18-20)57-32-25(40-33(48)28(46)16-39-35(49)58-37(2,3)4)13-26(41-36(50)54-19-21-8-10-22(11-9-21)42(51)52)31(30(32)47)56-29-7-5-6-24(55-29)15-38-14-23(44)17-43/h6,8-11,20,23,25-32,34,38,43-47H,5,7,12-19H2,1-4H3,(H,39,49)(H,40,48)(H,41,50)/t20-,23?,25+,26-,27+,28+,29+,30-,31+,32-,34+/m0/s1. The molecule has 9 N–H and O–H groups in total. The predicted octanol–water partition coefficient (Wildman–Crippen LogP) is -0.198. The molecule has 326 valence electrons. The van der Waals surface area contributed by atoms with Gasteiger partial charge < -0.3 is 75.2 Å². The number of alkyl carbamates (subject to hydrolysis) is 2. The number of carbonyl (C=O) groups is 3. The fourth-order valence-corrected chi connectivity index (χ4v) is 6.47. The van der Waals surface area contributed by atoms with Crippen LogP contribution in [0.4, 0.5) is 15.3 Å². The summed E-state index contributed by atoms with van der Waals surface area (Å²) in [5, 5.41) is 74.1. The number of nitro benzene ring substituents is 1. The number of aliphatic hydroxyl groups excluding tert-OH is 5. The molecule has 0 radical (unpaired) electrons. The van der Waals surface area contributed by atoms with Gasteiger partial charge in [0.2, 0.25) is 0 Å². The van der Waals surface area contributed by atoms with Crippen LogP contribution in [-0.4, -0.2) is 148 Å². The molecule has 2 fully saturated rings. The second kappa shape index (κ2) is 21.7. The van der Waals surface area contributed by atoms with Crippen LogP contribution in [0.2, 0.25) is 0 Å². The van der Waals surface area contributed by atoms with E-state index < -0.39 is 103 Å². The van der Waals surface area contributed by atoms with E-state index >= 15 is 0 Å². The molecule has 1 unspecified atom stereocenters. The molecule has 1 saturated heterocycles. The first-order valence-electron chi connectivity index (χ1n) is 19.2. The zero-order valence-electron chi connectivity index (χ0n) is 33.0. The number of benzene rings is 1. The Hall–Kier alpha value is -4.19. The number of ether oxygens (including phenoxy) is 6. The number of nitrogens with zero attached hydrogens (tertiary/aromatic N) is 1. The maximum absolute atomic E-state index is 13.4. The number of nitrogens with one attached hydrogen (secondary N) is 4. The molecule has 3 aliphatic rings. The number of hydrogen-bond acceptors (Lipinski definition) is 17. The third-order valence-corrected chi connectivity index (χ3v) is 9.31. The van der Waals surface area contributed by atoms with E-state index in [-0.39, 0.29) is 44.3 Å². The first-order valence-corrected chi connectivity index (χ1v) is 19.2. The van der Waals surface area contributed by atoms with E-state index in [9.17, 15) is 44.9 Å². The molecule has 1 aromatic rings. The van der Waals surface area contributed by atoms with Crippen LogP contribution in [0.3, 0.4) is 0 Å². The van der Waals surface area contributed by atoms with Crippen molar-refractivity contribution < 1.29 is 73.3 Å². The summed E-state index contributed by atoms with van der Waals surface area (Å²) in [7, 11) is 0. The Bertz CT molecular complexity index is 1540. The molecular formula is C37H57N5O16. The van der Waals surface area contributed by atoms with Gasteiger partial charge in [-0.15, -0.1) is 0 Å². The molecule has 0 spiro atoms. The van der Waals surface area contributed by atoms with Crippen molar-refractivity contribution >= 4 is 23.8 Å². The highest BCUT2D eigenvalue weighted by molar-refractivity contribution is 5.82. The van der Waals surface area contributed by atoms with Gasteiger partial charge in [-0.25, -0.2) is 9.59 Å². The summed E-state index contributed by atoms with van der Waals surface area (Å²) in [4.78, 5) is 49.3. The van der Waals surface area contributed by atoms with Crippen molar-refractivity contribution in [1.82, 2.24) is 21.3 Å². The Labute approximate surface area is 335 Å². The number of aliphatic hydroxyl groups is 5. The van der Waals surface area contributed by atoms with Gasteiger partial charge in [-0.3, -0.25) is 14.9 Å². The summed E-state index contributed by atoms with van der Waals surface area (Å²) in [6.07, 6.45) is -9.45. The monoisotopic (exact) mass is 827 g/mol. The number of carbonyl (C=O) groups excluding carboxylic acids is 3. The highest BCUT2D eigenvalue weighted by Crippen LogP contribution is 2.32. The van der Waals surface area contributed by atoms with Crippen molar-refractivity contribution in [3.8, 4) is 0 Å². The molecule has 4 rings (SSSR count). The molecule has 2 heterocycles. The molecule has 0 bridgehead atoms. The first-order chi connectivity index (χ1) is 27.4. The topological polar surface area (TPSA) is 299 Å². The van der Waals surface area contributed by atoms with Crippen LogP contribution >= 0.6 is 0 Å². The highest BCUT2D eigenvalue weighted by atomic mass is 16.7. The number of hydrogen-bond donors (Lipinski definition) is 9. The van der Waals surface area contributed by atoms with Crippen molar-refractivity contribution in [2.45, 2.75) is 127 Å². The Morgan fingerprint density at radius 3 is 2.34 bits per heavy atom. The molecule has 1 saturated carbocycles. The molecule has 11 atom stereocenters. The maximum atomic E-state index is 13.4. The lowest BCUT2D eigenvalue weighted by atomic mass is 9.83. The molecule has 1 aliphatic carbocycles. The quantitative estimate of drug-likeness (QED) is 0.0726. The van der Waals surface area contributed by atoms with Crippen LogP contribution < -0.4 is 21.3 Å². The maximum Gasteiger partial charge on any atom is 0.407 e. The van der Waals surface area contributed by atoms with E-state index in [0.29, 0.717) is 30.6 Å². The van der Waals surface area contributed by atoms with Gasteiger partial charge in [-0.05, 0) is 69.7 Å². The third-order valence-electron chi connectivity index (χ3n) is 9.31. The van der Waals surface area contributed by atoms with E-state index in [1.807, 2.05) is 13.0 Å². The number of amides is 3. The second-order valence-corrected chi connectivity index (χ2v) is 15.6. The minimum absolute atomic E-state index is 0.00280. The zero-order valence-corrected chi connectivity index (χ0v) is 33.0. The zero-order chi connectivity index (χ0) is 42.6. The van der Waals surface area contributed by atoms with Crippen molar-refractivity contribution in [2.75, 3.05) is 32.8 Å². The van der Waals surface area contributed by atoms with Gasteiger partial charge >= 0.3 is 12.2 Å². The van der Waals surface area contributed by atoms with E-state index in [0.717, 1.165) is 0 Å². The van der Waals surface area contributed by atoms with Crippen LogP contribution in [0.25, 0.3) is 0 Å². The Morgan fingerprint density at radius 2 is 1.69 bits per heavy atom. The molecular weight excluding hydrogens is 770 g/mol. The molecule has 3 amide bonds. The predicted molar refractivity (Wildman–Crippen MR) is 200 cm³/mol. The summed E-state index contributed by atoms with van der Waals surface area (Å²) >= 11 is 0. The van der Waals surface area contributed by atoms with Gasteiger partial charge in [0, 0.05) is 25.1 Å². The lowest BCUT2D eigenvalue weighted by Gasteiger charge is -2.47. The second-order valence-electron chi connectivity index (χ2n) is 15.6. The molecule has 2 aliphatic heterocycles. The van der Waals surface area contributed by atoms with Crippen LogP contribution in [0.15, 0.2) is 36.1 Å². The summed E-state index contributed by atoms with van der Waals surface area (Å²) in [5.41, 5.74) is -0.545. The fraction of sp³-hybridized carbons (Fsp3) is 0.703. The highest BCUT2D eigenvalue weighted by Gasteiger charge is 2.50. The summed E-state index contributed by atoms with van der Waals surface area (Å²) in [5.74, 6) is -0.509. The molecule has 21 heteroatoms. The Balaban J connectivity index is 1.55. The van der Waals surface area contributed by atoms with Gasteiger partial charge in [-0.2, -0.15) is 0 Å². The number of rotatable bonds is 17. The van der Waals surface area contributed by atoms with Gasteiger partial charge in [-0.1, -0.05) is 6.92 Å². The number of non-ortho nitro benzene ring substituents is 1. The molecule has 0 aromatic heterocycles. The normalized spacial score (nSPS) is 28.5. The van der Waals surface area contributed by atoms with Gasteiger partial charge in [0.25, 0.3) is 11.6 Å². The van der Waals surface area contributed by atoms with E-state index in [1.165, 1.54) is 24.3 Å². The van der Waals surface area contributed by atoms with Crippen molar-refractivity contribution in [1.29, 1.82) is 0 Å². The largest absolute Gasteiger partial charge is 0.468 e. The van der Waals surface area contributed by atoms with E-state index in [4.69, 9.17) is 33.5 Å². The van der Waals surface area contributed by atoms with Crippen LogP contribution in [0.1, 0.15) is 58.9 Å². The number of allylic oxidation sites excluding steroid dienone is 1. The lowest BCUT2D eigenvalue weighted by molar-refractivity contribution is -0.384. The lowest BCUT2D eigenvalue weighted by Crippen LogP contribution is -2.68. The van der Waals surface area contributed by atoms with Crippen molar-refractivity contribution in [3.63, 3.8) is 0 Å². The van der Waals surface area contributed by atoms with Crippen LogP contribution in [-0.2, 0) is 39.8 Å². The number of nitro groups is 1. The summed E-state index contributed by atoms with van der Waals surface area (Å²) in [6.45, 7) is 6.07.